The molecule has 5 rings (SSSR count). The Kier molecular flexibility index (Phi) is 2.98. The number of halogens is 1. The van der Waals surface area contributed by atoms with Crippen molar-refractivity contribution in [3.63, 3.8) is 0 Å². The zero-order valence-corrected chi connectivity index (χ0v) is 15.0. The highest BCUT2D eigenvalue weighted by molar-refractivity contribution is 6.30. The molecule has 2 fully saturated rings. The summed E-state index contributed by atoms with van der Waals surface area (Å²) in [6.45, 7) is 2.16. The van der Waals surface area contributed by atoms with Crippen LogP contribution in [0.2, 0.25) is 5.02 Å². The molecule has 0 saturated carbocycles. The zero-order valence-electron chi connectivity index (χ0n) is 14.2. The minimum atomic E-state index is -0.468. The molecule has 0 bridgehead atoms. The third kappa shape index (κ3) is 1.51. The second kappa shape index (κ2) is 4.85. The Morgan fingerprint density at radius 2 is 1.96 bits per heavy atom. The normalized spacial score (nSPS) is 33.0. The molecule has 5 heteroatoms. The maximum atomic E-state index is 13.0. The number of hydrogen-bond donors (Lipinski definition) is 0. The number of nitrogens with zero attached hydrogens (tertiary/aromatic N) is 2. The highest BCUT2D eigenvalue weighted by Gasteiger charge is 2.79. The first-order chi connectivity index (χ1) is 12.1. The summed E-state index contributed by atoms with van der Waals surface area (Å²) in [6.07, 6.45) is 1.31. The van der Waals surface area contributed by atoms with E-state index in [1.165, 1.54) is 0 Å². The van der Waals surface area contributed by atoms with Gasteiger partial charge in [-0.05, 0) is 37.1 Å². The predicted octanol–water partition coefficient (Wildman–Crippen LogP) is 3.84. The summed E-state index contributed by atoms with van der Waals surface area (Å²) in [5, 5.41) is 2.73. The number of amides is 1. The SMILES string of the molecule is CON1[C@H]2CCC(=O)N3c4ccc(Cl)cc4[C@]1(C)[C@@]23c1ccccc1. The molecule has 2 aromatic carbocycles. The van der Waals surface area contributed by atoms with Crippen LogP contribution in [0.3, 0.4) is 0 Å². The monoisotopic (exact) mass is 354 g/mol. The molecule has 2 aromatic rings. The van der Waals surface area contributed by atoms with Crippen molar-refractivity contribution >= 4 is 23.2 Å². The molecule has 1 amide bonds. The van der Waals surface area contributed by atoms with Crippen LogP contribution < -0.4 is 4.90 Å². The number of piperidine rings is 1. The van der Waals surface area contributed by atoms with E-state index in [0.717, 1.165) is 23.2 Å². The Morgan fingerprint density at radius 3 is 2.68 bits per heavy atom. The summed E-state index contributed by atoms with van der Waals surface area (Å²) < 4.78 is 0. The van der Waals surface area contributed by atoms with Gasteiger partial charge in [0.1, 0.15) is 11.1 Å². The summed E-state index contributed by atoms with van der Waals surface area (Å²) in [6, 6.07) is 16.3. The summed E-state index contributed by atoms with van der Waals surface area (Å²) in [5.41, 5.74) is 2.23. The standard InChI is InChI=1S/C20H19ClN2O2/c1-19-15-12-14(21)8-9-16(15)22-18(24)11-10-17(23(19)25-2)20(19,22)13-6-4-3-5-7-13/h3-9,12,17H,10-11H2,1-2H3/t17-,19+,20+/m0/s1. The summed E-state index contributed by atoms with van der Waals surface area (Å²) in [7, 11) is 1.71. The molecule has 3 aliphatic rings. The van der Waals surface area contributed by atoms with Crippen molar-refractivity contribution in [2.75, 3.05) is 12.0 Å². The molecule has 0 aliphatic carbocycles. The van der Waals surface area contributed by atoms with Crippen LogP contribution >= 0.6 is 11.6 Å². The lowest BCUT2D eigenvalue weighted by molar-refractivity contribution is -0.339. The molecule has 2 saturated heterocycles. The van der Waals surface area contributed by atoms with Crippen molar-refractivity contribution in [1.82, 2.24) is 5.06 Å². The van der Waals surface area contributed by atoms with Crippen molar-refractivity contribution in [3.05, 3.63) is 64.7 Å². The topological polar surface area (TPSA) is 32.8 Å². The van der Waals surface area contributed by atoms with Crippen LogP contribution in [0.25, 0.3) is 0 Å². The minimum Gasteiger partial charge on any atom is -0.301 e. The molecule has 128 valence electrons. The van der Waals surface area contributed by atoms with E-state index >= 15 is 0 Å². The van der Waals surface area contributed by atoms with Crippen LogP contribution in [-0.4, -0.2) is 24.1 Å². The number of carbonyl (C=O) groups excluding carboxylic acids is 1. The quantitative estimate of drug-likeness (QED) is 0.821. The largest absolute Gasteiger partial charge is 0.301 e. The molecule has 0 spiro atoms. The van der Waals surface area contributed by atoms with Gasteiger partial charge in [-0.3, -0.25) is 9.69 Å². The van der Waals surface area contributed by atoms with Crippen molar-refractivity contribution in [2.45, 2.75) is 36.9 Å². The maximum absolute atomic E-state index is 13.0. The van der Waals surface area contributed by atoms with Crippen LogP contribution in [0, 0.1) is 0 Å². The molecule has 4 nitrogen and oxygen atoms in total. The number of carbonyl (C=O) groups is 1. The molecule has 25 heavy (non-hydrogen) atoms. The predicted molar refractivity (Wildman–Crippen MR) is 96.3 cm³/mol. The van der Waals surface area contributed by atoms with Gasteiger partial charge in [0.2, 0.25) is 5.91 Å². The molecular formula is C20H19ClN2O2. The van der Waals surface area contributed by atoms with E-state index in [1.807, 2.05) is 41.3 Å². The van der Waals surface area contributed by atoms with Gasteiger partial charge in [0.25, 0.3) is 0 Å². The zero-order chi connectivity index (χ0) is 17.4. The van der Waals surface area contributed by atoms with Crippen LogP contribution in [-0.2, 0) is 20.7 Å². The van der Waals surface area contributed by atoms with Gasteiger partial charge in [0, 0.05) is 17.0 Å². The molecular weight excluding hydrogens is 336 g/mol. The fraction of sp³-hybridized carbons (Fsp3) is 0.350. The summed E-state index contributed by atoms with van der Waals surface area (Å²) >= 11 is 6.32. The van der Waals surface area contributed by atoms with E-state index in [4.69, 9.17) is 16.4 Å². The van der Waals surface area contributed by atoms with Crippen LogP contribution in [0.4, 0.5) is 5.69 Å². The Bertz CT molecular complexity index is 887. The second-order valence-electron chi connectivity index (χ2n) is 7.16. The lowest BCUT2D eigenvalue weighted by Crippen LogP contribution is -2.83. The Morgan fingerprint density at radius 1 is 1.20 bits per heavy atom. The first kappa shape index (κ1) is 15.4. The highest BCUT2D eigenvalue weighted by atomic mass is 35.5. The van der Waals surface area contributed by atoms with Gasteiger partial charge in [-0.1, -0.05) is 41.9 Å². The number of fused-ring (bicyclic) bond motifs is 3. The van der Waals surface area contributed by atoms with Crippen molar-refractivity contribution in [3.8, 4) is 0 Å². The molecule has 0 N–H and O–H groups in total. The second-order valence-corrected chi connectivity index (χ2v) is 7.59. The van der Waals surface area contributed by atoms with Crippen LogP contribution in [0.1, 0.15) is 30.9 Å². The number of anilines is 1. The summed E-state index contributed by atoms with van der Waals surface area (Å²) in [4.78, 5) is 20.9. The highest BCUT2D eigenvalue weighted by Crippen LogP contribution is 2.70. The third-order valence-electron chi connectivity index (χ3n) is 6.32. The Balaban J connectivity index is 1.87. The van der Waals surface area contributed by atoms with Gasteiger partial charge in [-0.25, -0.2) is 0 Å². The van der Waals surface area contributed by atoms with Crippen LogP contribution in [0.5, 0.6) is 0 Å². The van der Waals surface area contributed by atoms with Crippen molar-refractivity contribution in [2.24, 2.45) is 0 Å². The lowest BCUT2D eigenvalue weighted by atomic mass is 9.57. The fourth-order valence-corrected chi connectivity index (χ4v) is 5.69. The van der Waals surface area contributed by atoms with Gasteiger partial charge in [-0.15, -0.1) is 0 Å². The van der Waals surface area contributed by atoms with E-state index in [1.54, 1.807) is 7.11 Å². The van der Waals surface area contributed by atoms with Gasteiger partial charge in [-0.2, -0.15) is 5.06 Å². The first-order valence-electron chi connectivity index (χ1n) is 8.59. The van der Waals surface area contributed by atoms with Crippen molar-refractivity contribution in [1.29, 1.82) is 0 Å². The van der Waals surface area contributed by atoms with E-state index in [2.05, 4.69) is 24.1 Å². The van der Waals surface area contributed by atoms with Gasteiger partial charge in [0.15, 0.2) is 0 Å². The third-order valence-corrected chi connectivity index (χ3v) is 6.55. The maximum Gasteiger partial charge on any atom is 0.227 e. The Hall–Kier alpha value is -1.88. The van der Waals surface area contributed by atoms with E-state index in [-0.39, 0.29) is 11.9 Å². The minimum absolute atomic E-state index is 0.119. The van der Waals surface area contributed by atoms with Crippen molar-refractivity contribution < 1.29 is 9.63 Å². The first-order valence-corrected chi connectivity index (χ1v) is 8.96. The van der Waals surface area contributed by atoms with E-state index in [9.17, 15) is 4.79 Å². The number of rotatable bonds is 2. The number of hydroxylamine groups is 2. The molecule has 3 heterocycles. The molecule has 0 radical (unpaired) electrons. The van der Waals surface area contributed by atoms with Gasteiger partial charge in [0.05, 0.1) is 18.8 Å². The smallest absolute Gasteiger partial charge is 0.227 e. The van der Waals surface area contributed by atoms with Crippen LogP contribution in [0.15, 0.2) is 48.5 Å². The molecule has 3 atom stereocenters. The average molecular weight is 355 g/mol. The Labute approximate surface area is 151 Å². The average Bonchev–Trinajstić information content (AvgIpc) is 2.83. The number of hydrogen-bond acceptors (Lipinski definition) is 3. The van der Waals surface area contributed by atoms with E-state index in [0.29, 0.717) is 11.4 Å². The fourth-order valence-electron chi connectivity index (χ4n) is 5.52. The van der Waals surface area contributed by atoms with Gasteiger partial charge < -0.3 is 4.84 Å². The lowest BCUT2D eigenvalue weighted by Gasteiger charge is -2.69. The number of benzene rings is 2. The van der Waals surface area contributed by atoms with Gasteiger partial charge >= 0.3 is 0 Å². The van der Waals surface area contributed by atoms with E-state index < -0.39 is 11.1 Å². The molecule has 0 aromatic heterocycles. The summed E-state index contributed by atoms with van der Waals surface area (Å²) in [5.74, 6) is 0.170. The molecule has 0 unspecified atom stereocenters. The molecule has 3 aliphatic heterocycles.